The van der Waals surface area contributed by atoms with Crippen LogP contribution in [0.25, 0.3) is 22.4 Å². The second-order valence-electron chi connectivity index (χ2n) is 6.29. The summed E-state index contributed by atoms with van der Waals surface area (Å²) >= 11 is 18.2. The van der Waals surface area contributed by atoms with Crippen molar-refractivity contribution in [2.45, 2.75) is 6.54 Å². The summed E-state index contributed by atoms with van der Waals surface area (Å²) in [5, 5.41) is 10.8. The predicted molar refractivity (Wildman–Crippen MR) is 113 cm³/mol. The summed E-state index contributed by atoms with van der Waals surface area (Å²) in [5.41, 5.74) is 3.42. The van der Waals surface area contributed by atoms with Crippen LogP contribution in [0.5, 0.6) is 0 Å². The van der Waals surface area contributed by atoms with Crippen molar-refractivity contribution < 1.29 is 9.90 Å². The van der Waals surface area contributed by atoms with E-state index in [1.807, 2.05) is 34.9 Å². The van der Waals surface area contributed by atoms with Crippen LogP contribution < -0.4 is 0 Å². The third kappa shape index (κ3) is 3.59. The molecule has 0 saturated carbocycles. The number of benzene rings is 3. The standard InChI is InChI=1S/C21H13Cl3N2O2/c22-15-5-1-12(2-6-15)11-26-19-8-4-14(21(27)28)10-18(19)25-20(26)13-3-7-16(23)17(24)9-13/h1-10H,11H2,(H,27,28). The molecule has 0 radical (unpaired) electrons. The molecular formula is C21H13Cl3N2O2. The van der Waals surface area contributed by atoms with Crippen molar-refractivity contribution in [2.75, 3.05) is 0 Å². The Labute approximate surface area is 175 Å². The SMILES string of the molecule is O=C(O)c1ccc2c(c1)nc(-c1ccc(Cl)c(Cl)c1)n2Cc1ccc(Cl)cc1. The van der Waals surface area contributed by atoms with Gasteiger partial charge in [0, 0.05) is 17.1 Å². The Hall–Kier alpha value is -2.53. The van der Waals surface area contributed by atoms with Gasteiger partial charge in [-0.05, 0) is 54.1 Å². The first-order valence-corrected chi connectivity index (χ1v) is 9.49. The van der Waals surface area contributed by atoms with Gasteiger partial charge in [-0.1, -0.05) is 46.9 Å². The maximum Gasteiger partial charge on any atom is 0.335 e. The molecule has 1 heterocycles. The number of aromatic carboxylic acids is 1. The molecular weight excluding hydrogens is 419 g/mol. The molecule has 0 saturated heterocycles. The average molecular weight is 432 g/mol. The van der Waals surface area contributed by atoms with Crippen molar-refractivity contribution in [1.82, 2.24) is 9.55 Å². The maximum absolute atomic E-state index is 11.3. The van der Waals surface area contributed by atoms with Crippen LogP contribution in [-0.4, -0.2) is 20.6 Å². The van der Waals surface area contributed by atoms with E-state index in [2.05, 4.69) is 4.98 Å². The molecule has 0 atom stereocenters. The maximum atomic E-state index is 11.3. The van der Waals surface area contributed by atoms with E-state index < -0.39 is 5.97 Å². The van der Waals surface area contributed by atoms with Gasteiger partial charge < -0.3 is 9.67 Å². The van der Waals surface area contributed by atoms with Gasteiger partial charge in [0.2, 0.25) is 0 Å². The van der Waals surface area contributed by atoms with Gasteiger partial charge in [0.05, 0.1) is 26.6 Å². The van der Waals surface area contributed by atoms with Gasteiger partial charge in [-0.25, -0.2) is 9.78 Å². The highest BCUT2D eigenvalue weighted by Gasteiger charge is 2.16. The molecule has 7 heteroatoms. The summed E-state index contributed by atoms with van der Waals surface area (Å²) in [6, 6.07) is 17.8. The molecule has 0 aliphatic heterocycles. The summed E-state index contributed by atoms with van der Waals surface area (Å²) in [6.45, 7) is 0.537. The van der Waals surface area contributed by atoms with E-state index in [1.165, 1.54) is 0 Å². The van der Waals surface area contributed by atoms with E-state index in [-0.39, 0.29) is 5.56 Å². The van der Waals surface area contributed by atoms with Crippen molar-refractivity contribution in [3.05, 3.63) is 86.9 Å². The molecule has 4 aromatic rings. The smallest absolute Gasteiger partial charge is 0.335 e. The lowest BCUT2D eigenvalue weighted by Crippen LogP contribution is -2.02. The number of fused-ring (bicyclic) bond motifs is 1. The first-order valence-electron chi connectivity index (χ1n) is 8.36. The number of carboxylic acids is 1. The van der Waals surface area contributed by atoms with Crippen LogP contribution in [0.15, 0.2) is 60.7 Å². The number of hydrogen-bond donors (Lipinski definition) is 1. The Morgan fingerprint density at radius 3 is 2.36 bits per heavy atom. The average Bonchev–Trinajstić information content (AvgIpc) is 3.03. The van der Waals surface area contributed by atoms with Gasteiger partial charge in [-0.15, -0.1) is 0 Å². The van der Waals surface area contributed by atoms with E-state index in [0.717, 1.165) is 16.6 Å². The van der Waals surface area contributed by atoms with Crippen LogP contribution in [0.2, 0.25) is 15.1 Å². The lowest BCUT2D eigenvalue weighted by Gasteiger charge is -2.10. The first-order chi connectivity index (χ1) is 13.4. The van der Waals surface area contributed by atoms with Gasteiger partial charge in [0.1, 0.15) is 5.82 Å². The molecule has 0 unspecified atom stereocenters. The molecule has 0 amide bonds. The number of imidazole rings is 1. The minimum Gasteiger partial charge on any atom is -0.478 e. The molecule has 140 valence electrons. The van der Waals surface area contributed by atoms with Crippen molar-refractivity contribution in [3.8, 4) is 11.4 Å². The van der Waals surface area contributed by atoms with Crippen molar-refractivity contribution >= 4 is 51.8 Å². The third-order valence-electron chi connectivity index (χ3n) is 4.43. The second-order valence-corrected chi connectivity index (χ2v) is 7.54. The minimum atomic E-state index is -0.995. The Bertz CT molecular complexity index is 1200. The fraction of sp³-hybridized carbons (Fsp3) is 0.0476. The molecule has 28 heavy (non-hydrogen) atoms. The van der Waals surface area contributed by atoms with Crippen LogP contribution in [-0.2, 0) is 6.54 Å². The molecule has 4 rings (SSSR count). The molecule has 4 nitrogen and oxygen atoms in total. The molecule has 0 fully saturated rings. The van der Waals surface area contributed by atoms with Crippen molar-refractivity contribution in [1.29, 1.82) is 0 Å². The summed E-state index contributed by atoms with van der Waals surface area (Å²) in [7, 11) is 0. The molecule has 0 aliphatic rings. The molecule has 0 bridgehead atoms. The zero-order valence-electron chi connectivity index (χ0n) is 14.4. The summed E-state index contributed by atoms with van der Waals surface area (Å²) < 4.78 is 2.02. The number of carbonyl (C=O) groups is 1. The quantitative estimate of drug-likeness (QED) is 0.406. The first kappa shape index (κ1) is 18.8. The third-order valence-corrected chi connectivity index (χ3v) is 5.42. The fourth-order valence-electron chi connectivity index (χ4n) is 3.05. The van der Waals surface area contributed by atoms with E-state index in [4.69, 9.17) is 34.8 Å². The van der Waals surface area contributed by atoms with Crippen LogP contribution in [0.4, 0.5) is 0 Å². The normalized spacial score (nSPS) is 11.1. The van der Waals surface area contributed by atoms with Crippen molar-refractivity contribution in [3.63, 3.8) is 0 Å². The summed E-state index contributed by atoms with van der Waals surface area (Å²) in [5.74, 6) is -0.323. The zero-order valence-corrected chi connectivity index (χ0v) is 16.6. The van der Waals surface area contributed by atoms with Crippen LogP contribution in [0.3, 0.4) is 0 Å². The lowest BCUT2D eigenvalue weighted by molar-refractivity contribution is 0.0697. The highest BCUT2D eigenvalue weighted by Crippen LogP contribution is 2.31. The molecule has 1 aromatic heterocycles. The van der Waals surface area contributed by atoms with E-state index >= 15 is 0 Å². The number of carboxylic acid groups (broad SMARTS) is 1. The highest BCUT2D eigenvalue weighted by molar-refractivity contribution is 6.42. The van der Waals surface area contributed by atoms with Gasteiger partial charge in [-0.2, -0.15) is 0 Å². The number of hydrogen-bond acceptors (Lipinski definition) is 2. The van der Waals surface area contributed by atoms with E-state index in [1.54, 1.807) is 30.3 Å². The predicted octanol–water partition coefficient (Wildman–Crippen LogP) is 6.41. The number of nitrogens with zero attached hydrogens (tertiary/aromatic N) is 2. The minimum absolute atomic E-state index is 0.185. The van der Waals surface area contributed by atoms with Gasteiger partial charge in [0.15, 0.2) is 0 Å². The Balaban J connectivity index is 1.91. The monoisotopic (exact) mass is 430 g/mol. The van der Waals surface area contributed by atoms with E-state index in [9.17, 15) is 9.90 Å². The molecule has 3 aromatic carbocycles. The number of halogens is 3. The molecule has 0 spiro atoms. The Kier molecular flexibility index (Phi) is 5.02. The molecule has 0 aliphatic carbocycles. The van der Waals surface area contributed by atoms with Gasteiger partial charge >= 0.3 is 5.97 Å². The largest absolute Gasteiger partial charge is 0.478 e. The van der Waals surface area contributed by atoms with Crippen LogP contribution in [0.1, 0.15) is 15.9 Å². The topological polar surface area (TPSA) is 55.1 Å². The number of aromatic nitrogens is 2. The van der Waals surface area contributed by atoms with Gasteiger partial charge in [0.25, 0.3) is 0 Å². The fourth-order valence-corrected chi connectivity index (χ4v) is 3.47. The van der Waals surface area contributed by atoms with Crippen molar-refractivity contribution in [2.24, 2.45) is 0 Å². The van der Waals surface area contributed by atoms with E-state index in [0.29, 0.717) is 33.0 Å². The second kappa shape index (κ2) is 7.47. The Morgan fingerprint density at radius 2 is 1.68 bits per heavy atom. The Morgan fingerprint density at radius 1 is 0.929 bits per heavy atom. The lowest BCUT2D eigenvalue weighted by atomic mass is 10.1. The van der Waals surface area contributed by atoms with Crippen LogP contribution in [0, 0.1) is 0 Å². The highest BCUT2D eigenvalue weighted by atomic mass is 35.5. The summed E-state index contributed by atoms with van der Waals surface area (Å²) in [6.07, 6.45) is 0. The zero-order chi connectivity index (χ0) is 19.8. The summed E-state index contributed by atoms with van der Waals surface area (Å²) in [4.78, 5) is 16.0. The van der Waals surface area contributed by atoms with Crippen LogP contribution >= 0.6 is 34.8 Å². The van der Waals surface area contributed by atoms with Gasteiger partial charge in [-0.3, -0.25) is 0 Å². The number of rotatable bonds is 4. The molecule has 1 N–H and O–H groups in total.